The first kappa shape index (κ1) is 23.0. The highest BCUT2D eigenvalue weighted by Gasteiger charge is 2.40. The third-order valence-corrected chi connectivity index (χ3v) is 8.71. The zero-order chi connectivity index (χ0) is 22.9. The van der Waals surface area contributed by atoms with Crippen molar-refractivity contribution >= 4 is 33.2 Å². The van der Waals surface area contributed by atoms with E-state index in [-0.39, 0.29) is 35.3 Å². The normalized spacial score (nSPS) is 22.3. The highest BCUT2D eigenvalue weighted by Crippen LogP contribution is 2.40. The Hall–Kier alpha value is -2.13. The minimum absolute atomic E-state index is 0.0852. The third kappa shape index (κ3) is 4.50. The lowest BCUT2D eigenvalue weighted by molar-refractivity contribution is -0.125. The van der Waals surface area contributed by atoms with Gasteiger partial charge in [-0.25, -0.2) is 12.7 Å². The first-order valence-corrected chi connectivity index (χ1v) is 13.2. The molecule has 1 atom stereocenters. The molecule has 1 saturated heterocycles. The van der Waals surface area contributed by atoms with Gasteiger partial charge in [-0.15, -0.1) is 0 Å². The van der Waals surface area contributed by atoms with Gasteiger partial charge in [-0.1, -0.05) is 25.7 Å². The maximum absolute atomic E-state index is 13.4. The fraction of sp³-hybridized carbons (Fsp3) is 0.652. The molecule has 1 aromatic carbocycles. The summed E-state index contributed by atoms with van der Waals surface area (Å²) in [7, 11) is -0.690. The zero-order valence-electron chi connectivity index (χ0n) is 19.0. The highest BCUT2D eigenvalue weighted by molar-refractivity contribution is 7.89. The van der Waals surface area contributed by atoms with Gasteiger partial charge in [0.2, 0.25) is 21.8 Å². The molecule has 0 unspecified atom stereocenters. The molecule has 0 aromatic heterocycles. The summed E-state index contributed by atoms with van der Waals surface area (Å²) in [6.07, 6.45) is 9.27. The molecule has 1 aromatic rings. The Morgan fingerprint density at radius 3 is 2.41 bits per heavy atom. The number of nitrogens with one attached hydrogen (secondary N) is 1. The van der Waals surface area contributed by atoms with E-state index in [9.17, 15) is 18.0 Å². The SMILES string of the molecule is CN(C)S(=O)(=O)c1ccc2c(c1)N(CC(=O)NC1CCCCCC1)C(=O)[C@@H]1CCCCN21. The van der Waals surface area contributed by atoms with Gasteiger partial charge in [0.1, 0.15) is 12.6 Å². The number of carbonyl (C=O) groups is 2. The number of hydrogen-bond donors (Lipinski definition) is 1. The lowest BCUT2D eigenvalue weighted by atomic mass is 9.96. The molecule has 0 spiro atoms. The Bertz CT molecular complexity index is 970. The summed E-state index contributed by atoms with van der Waals surface area (Å²) in [6.45, 7) is 0.670. The van der Waals surface area contributed by atoms with Crippen LogP contribution in [0.5, 0.6) is 0 Å². The molecule has 8 nitrogen and oxygen atoms in total. The monoisotopic (exact) mass is 462 g/mol. The van der Waals surface area contributed by atoms with Gasteiger partial charge in [-0.3, -0.25) is 14.5 Å². The van der Waals surface area contributed by atoms with Crippen molar-refractivity contribution in [2.45, 2.75) is 74.8 Å². The molecule has 0 bridgehead atoms. The van der Waals surface area contributed by atoms with Crippen LogP contribution in [0.2, 0.25) is 0 Å². The Morgan fingerprint density at radius 2 is 1.72 bits per heavy atom. The van der Waals surface area contributed by atoms with Crippen LogP contribution in [0.1, 0.15) is 57.8 Å². The summed E-state index contributed by atoms with van der Waals surface area (Å²) in [5, 5.41) is 3.12. The smallest absolute Gasteiger partial charge is 0.250 e. The maximum Gasteiger partial charge on any atom is 0.250 e. The summed E-state index contributed by atoms with van der Waals surface area (Å²) in [5.74, 6) is -0.297. The molecule has 2 amide bonds. The van der Waals surface area contributed by atoms with Crippen LogP contribution in [-0.2, 0) is 19.6 Å². The Kier molecular flexibility index (Phi) is 6.76. The number of benzene rings is 1. The minimum Gasteiger partial charge on any atom is -0.358 e. The molecule has 9 heteroatoms. The van der Waals surface area contributed by atoms with Crippen molar-refractivity contribution < 1.29 is 18.0 Å². The number of rotatable bonds is 5. The average Bonchev–Trinajstić information content (AvgIpc) is 3.04. The summed E-state index contributed by atoms with van der Waals surface area (Å²) < 4.78 is 26.6. The standard InChI is InChI=1S/C23H34N4O4S/c1-25(2)32(30,31)18-12-13-19-21(15-18)27(23(29)20-11-7-8-14-26(19)20)16-22(28)24-17-9-5-3-4-6-10-17/h12-13,15,17,20H,3-11,14,16H2,1-2H3,(H,24,28)/t20-/m0/s1. The van der Waals surface area contributed by atoms with Crippen LogP contribution in [0.4, 0.5) is 11.4 Å². The van der Waals surface area contributed by atoms with Crippen LogP contribution in [0.3, 0.4) is 0 Å². The predicted molar refractivity (Wildman–Crippen MR) is 124 cm³/mol. The first-order chi connectivity index (χ1) is 15.3. The van der Waals surface area contributed by atoms with Crippen LogP contribution in [0.25, 0.3) is 0 Å². The van der Waals surface area contributed by atoms with Crippen molar-refractivity contribution in [2.24, 2.45) is 0 Å². The van der Waals surface area contributed by atoms with Crippen molar-refractivity contribution in [1.29, 1.82) is 0 Å². The van der Waals surface area contributed by atoms with E-state index in [0.29, 0.717) is 5.69 Å². The van der Waals surface area contributed by atoms with E-state index in [1.165, 1.54) is 31.8 Å². The van der Waals surface area contributed by atoms with Gasteiger partial charge in [0, 0.05) is 26.7 Å². The second kappa shape index (κ2) is 9.39. The highest BCUT2D eigenvalue weighted by atomic mass is 32.2. The van der Waals surface area contributed by atoms with Crippen LogP contribution in [0.15, 0.2) is 23.1 Å². The molecule has 4 rings (SSSR count). The van der Waals surface area contributed by atoms with Gasteiger partial charge < -0.3 is 10.2 Å². The molecule has 2 heterocycles. The van der Waals surface area contributed by atoms with E-state index >= 15 is 0 Å². The van der Waals surface area contributed by atoms with Gasteiger partial charge in [0.05, 0.1) is 16.3 Å². The van der Waals surface area contributed by atoms with E-state index in [4.69, 9.17) is 0 Å². The second-order valence-corrected chi connectivity index (χ2v) is 11.5. The number of sulfonamides is 1. The Morgan fingerprint density at radius 1 is 1.03 bits per heavy atom. The molecule has 176 valence electrons. The number of anilines is 2. The van der Waals surface area contributed by atoms with Gasteiger partial charge in [0.15, 0.2) is 0 Å². The average molecular weight is 463 g/mol. The van der Waals surface area contributed by atoms with E-state index in [2.05, 4.69) is 10.2 Å². The fourth-order valence-corrected chi connectivity index (χ4v) is 6.03. The van der Waals surface area contributed by atoms with Crippen molar-refractivity contribution in [2.75, 3.05) is 37.0 Å². The number of carbonyl (C=O) groups excluding carboxylic acids is 2. The number of piperidine rings is 1. The van der Waals surface area contributed by atoms with Gasteiger partial charge in [0.25, 0.3) is 0 Å². The van der Waals surface area contributed by atoms with E-state index in [1.54, 1.807) is 18.2 Å². The molecule has 3 aliphatic rings. The third-order valence-electron chi connectivity index (χ3n) is 6.90. The van der Waals surface area contributed by atoms with Crippen molar-refractivity contribution in [3.05, 3.63) is 18.2 Å². The molecule has 2 aliphatic heterocycles. The summed E-state index contributed by atoms with van der Waals surface area (Å²) in [5.41, 5.74) is 1.33. The second-order valence-electron chi connectivity index (χ2n) is 9.32. The topological polar surface area (TPSA) is 90.0 Å². The summed E-state index contributed by atoms with van der Waals surface area (Å²) >= 11 is 0. The molecular weight excluding hydrogens is 428 g/mol. The molecule has 32 heavy (non-hydrogen) atoms. The van der Waals surface area contributed by atoms with Gasteiger partial charge >= 0.3 is 0 Å². The summed E-state index contributed by atoms with van der Waals surface area (Å²) in [6, 6.07) is 4.78. The van der Waals surface area contributed by atoms with E-state index < -0.39 is 10.0 Å². The van der Waals surface area contributed by atoms with Crippen LogP contribution in [0, 0.1) is 0 Å². The van der Waals surface area contributed by atoms with Gasteiger partial charge in [-0.2, -0.15) is 0 Å². The maximum atomic E-state index is 13.4. The minimum atomic E-state index is -3.66. The lowest BCUT2D eigenvalue weighted by Gasteiger charge is -2.45. The molecular formula is C23H34N4O4S. The summed E-state index contributed by atoms with van der Waals surface area (Å²) in [4.78, 5) is 30.1. The number of nitrogens with zero attached hydrogens (tertiary/aromatic N) is 3. The molecule has 1 N–H and O–H groups in total. The van der Waals surface area contributed by atoms with E-state index in [0.717, 1.165) is 61.5 Å². The van der Waals surface area contributed by atoms with Crippen molar-refractivity contribution in [3.63, 3.8) is 0 Å². The van der Waals surface area contributed by atoms with Crippen molar-refractivity contribution in [3.8, 4) is 0 Å². The largest absolute Gasteiger partial charge is 0.358 e. The number of hydrogen-bond acceptors (Lipinski definition) is 5. The van der Waals surface area contributed by atoms with Crippen LogP contribution in [-0.4, -0.2) is 63.8 Å². The molecule has 2 fully saturated rings. The molecule has 1 aliphatic carbocycles. The Labute approximate surface area is 191 Å². The lowest BCUT2D eigenvalue weighted by Crippen LogP contribution is -2.57. The number of fused-ring (bicyclic) bond motifs is 3. The first-order valence-electron chi connectivity index (χ1n) is 11.7. The van der Waals surface area contributed by atoms with Crippen molar-refractivity contribution in [1.82, 2.24) is 9.62 Å². The zero-order valence-corrected chi connectivity index (χ0v) is 19.9. The van der Waals surface area contributed by atoms with E-state index in [1.807, 2.05) is 0 Å². The predicted octanol–water partition coefficient (Wildman–Crippen LogP) is 2.48. The fourth-order valence-electron chi connectivity index (χ4n) is 5.11. The quantitative estimate of drug-likeness (QED) is 0.679. The van der Waals surface area contributed by atoms with Crippen LogP contribution < -0.4 is 15.1 Å². The Balaban J connectivity index is 1.65. The molecule has 0 radical (unpaired) electrons. The van der Waals surface area contributed by atoms with Gasteiger partial charge in [-0.05, 0) is 50.3 Å². The van der Waals surface area contributed by atoms with Crippen LogP contribution >= 0.6 is 0 Å². The molecule has 1 saturated carbocycles. The number of amides is 2.